The maximum Gasteiger partial charge on any atom is 0.326 e. The Balaban J connectivity index is 2.27. The number of imide groups is 1. The Morgan fingerprint density at radius 1 is 1.33 bits per heavy atom. The summed E-state index contributed by atoms with van der Waals surface area (Å²) in [6, 6.07) is -1.91. The molecule has 0 unspecified atom stereocenters. The van der Waals surface area contributed by atoms with Crippen molar-refractivity contribution in [2.75, 3.05) is 13.1 Å². The van der Waals surface area contributed by atoms with Crippen molar-refractivity contribution in [2.24, 2.45) is 0 Å². The van der Waals surface area contributed by atoms with Crippen molar-refractivity contribution in [1.29, 1.82) is 0 Å². The molecule has 9 nitrogen and oxygen atoms in total. The zero-order valence-corrected chi connectivity index (χ0v) is 11.7. The molecule has 2 aliphatic heterocycles. The second kappa shape index (κ2) is 4.99. The molecule has 2 heterocycles. The van der Waals surface area contributed by atoms with Crippen LogP contribution in [-0.2, 0) is 14.4 Å². The summed E-state index contributed by atoms with van der Waals surface area (Å²) in [5.41, 5.74) is -1.28. The summed E-state index contributed by atoms with van der Waals surface area (Å²) in [7, 11) is 0. The number of urea groups is 1. The van der Waals surface area contributed by atoms with Crippen LogP contribution in [0.1, 0.15) is 20.3 Å². The minimum atomic E-state index is -1.28. The SMILES string of the molecule is CC1(C)C(=O)NC(=O)CN1C(=O)N1C[C@@H](O)C[C@H]1C(=O)O. The molecule has 0 aliphatic carbocycles. The number of rotatable bonds is 1. The van der Waals surface area contributed by atoms with Gasteiger partial charge in [-0.1, -0.05) is 0 Å². The fourth-order valence-corrected chi connectivity index (χ4v) is 2.50. The molecule has 2 saturated heterocycles. The monoisotopic (exact) mass is 299 g/mol. The van der Waals surface area contributed by atoms with Crippen molar-refractivity contribution in [2.45, 2.75) is 38.0 Å². The lowest BCUT2D eigenvalue weighted by atomic mass is 9.99. The van der Waals surface area contributed by atoms with Gasteiger partial charge in [0.1, 0.15) is 18.1 Å². The van der Waals surface area contributed by atoms with Crippen LogP contribution >= 0.6 is 0 Å². The van der Waals surface area contributed by atoms with E-state index in [1.807, 2.05) is 0 Å². The first-order valence-electron chi connectivity index (χ1n) is 6.48. The number of carbonyl (C=O) groups is 4. The normalized spacial score (nSPS) is 28.5. The van der Waals surface area contributed by atoms with E-state index < -0.39 is 41.5 Å². The summed E-state index contributed by atoms with van der Waals surface area (Å²) in [4.78, 5) is 49.0. The molecule has 0 spiro atoms. The number of aliphatic hydroxyl groups excluding tert-OH is 1. The molecule has 3 N–H and O–H groups in total. The predicted octanol–water partition coefficient (Wildman–Crippen LogP) is -1.64. The molecule has 2 fully saturated rings. The van der Waals surface area contributed by atoms with Crippen molar-refractivity contribution in [3.8, 4) is 0 Å². The van der Waals surface area contributed by atoms with Crippen molar-refractivity contribution < 1.29 is 29.4 Å². The Labute approximate surface area is 120 Å². The van der Waals surface area contributed by atoms with Gasteiger partial charge in [0.15, 0.2) is 0 Å². The number of amides is 4. The number of aliphatic carboxylic acids is 1. The topological polar surface area (TPSA) is 127 Å². The Kier molecular flexibility index (Phi) is 3.62. The number of nitrogens with one attached hydrogen (secondary N) is 1. The third-order valence-electron chi connectivity index (χ3n) is 3.83. The van der Waals surface area contributed by atoms with Crippen LogP contribution in [0.25, 0.3) is 0 Å². The number of aliphatic hydroxyl groups is 1. The molecule has 2 rings (SSSR count). The maximum absolute atomic E-state index is 12.5. The third kappa shape index (κ3) is 2.56. The van der Waals surface area contributed by atoms with Crippen molar-refractivity contribution in [1.82, 2.24) is 15.1 Å². The molecular weight excluding hydrogens is 282 g/mol. The van der Waals surface area contributed by atoms with Gasteiger partial charge in [0.05, 0.1) is 6.10 Å². The third-order valence-corrected chi connectivity index (χ3v) is 3.83. The van der Waals surface area contributed by atoms with Crippen molar-refractivity contribution >= 4 is 23.8 Å². The lowest BCUT2D eigenvalue weighted by molar-refractivity contribution is -0.143. The van der Waals surface area contributed by atoms with E-state index in [-0.39, 0.29) is 19.5 Å². The highest BCUT2D eigenvalue weighted by atomic mass is 16.4. The molecule has 0 aromatic rings. The number of hydrogen-bond acceptors (Lipinski definition) is 5. The average molecular weight is 299 g/mol. The van der Waals surface area contributed by atoms with Crippen LogP contribution in [0.3, 0.4) is 0 Å². The lowest BCUT2D eigenvalue weighted by Gasteiger charge is -2.42. The smallest absolute Gasteiger partial charge is 0.326 e. The van der Waals surface area contributed by atoms with Gasteiger partial charge in [-0.25, -0.2) is 9.59 Å². The maximum atomic E-state index is 12.5. The van der Waals surface area contributed by atoms with E-state index in [2.05, 4.69) is 5.32 Å². The van der Waals surface area contributed by atoms with Gasteiger partial charge >= 0.3 is 12.0 Å². The van der Waals surface area contributed by atoms with Crippen LogP contribution in [0.4, 0.5) is 4.79 Å². The number of carbonyl (C=O) groups excluding carboxylic acids is 3. The van der Waals surface area contributed by atoms with Gasteiger partial charge in [-0.2, -0.15) is 0 Å². The second-order valence-electron chi connectivity index (χ2n) is 5.70. The molecule has 116 valence electrons. The summed E-state index contributed by atoms with van der Waals surface area (Å²) in [5.74, 6) is -2.48. The molecule has 0 aromatic heterocycles. The largest absolute Gasteiger partial charge is 0.480 e. The summed E-state index contributed by atoms with van der Waals surface area (Å²) < 4.78 is 0. The zero-order chi connectivity index (χ0) is 15.9. The summed E-state index contributed by atoms with van der Waals surface area (Å²) in [5, 5.41) is 20.8. The molecular formula is C12H17N3O6. The van der Waals surface area contributed by atoms with E-state index >= 15 is 0 Å². The first kappa shape index (κ1) is 15.2. The molecule has 0 aromatic carbocycles. The van der Waals surface area contributed by atoms with E-state index in [0.717, 1.165) is 9.80 Å². The van der Waals surface area contributed by atoms with Gasteiger partial charge in [-0.05, 0) is 13.8 Å². The highest BCUT2D eigenvalue weighted by Gasteiger charge is 2.48. The van der Waals surface area contributed by atoms with E-state index in [1.165, 1.54) is 13.8 Å². The molecule has 0 saturated carbocycles. The molecule has 21 heavy (non-hydrogen) atoms. The van der Waals surface area contributed by atoms with Crippen LogP contribution in [0, 0.1) is 0 Å². The number of nitrogens with zero attached hydrogens (tertiary/aromatic N) is 2. The van der Waals surface area contributed by atoms with Gasteiger partial charge in [-0.3, -0.25) is 14.9 Å². The summed E-state index contributed by atoms with van der Waals surface area (Å²) >= 11 is 0. The lowest BCUT2D eigenvalue weighted by Crippen LogP contribution is -2.67. The van der Waals surface area contributed by atoms with Crippen molar-refractivity contribution in [3.05, 3.63) is 0 Å². The quantitative estimate of drug-likeness (QED) is 0.498. The van der Waals surface area contributed by atoms with Gasteiger partial charge < -0.3 is 20.0 Å². The molecule has 2 atom stereocenters. The van der Waals surface area contributed by atoms with Crippen LogP contribution in [0.2, 0.25) is 0 Å². The van der Waals surface area contributed by atoms with Crippen LogP contribution < -0.4 is 5.32 Å². The zero-order valence-electron chi connectivity index (χ0n) is 11.7. The van der Waals surface area contributed by atoms with E-state index in [1.54, 1.807) is 0 Å². The minimum absolute atomic E-state index is 0.0739. The Morgan fingerprint density at radius 3 is 2.52 bits per heavy atom. The van der Waals surface area contributed by atoms with Gasteiger partial charge in [-0.15, -0.1) is 0 Å². The molecule has 9 heteroatoms. The molecule has 2 aliphatic rings. The second-order valence-corrected chi connectivity index (χ2v) is 5.70. The fraction of sp³-hybridized carbons (Fsp3) is 0.667. The van der Waals surface area contributed by atoms with Crippen molar-refractivity contribution in [3.63, 3.8) is 0 Å². The number of carboxylic acids is 1. The molecule has 4 amide bonds. The summed E-state index contributed by atoms with van der Waals surface area (Å²) in [6.07, 6.45) is -1.01. The fourth-order valence-electron chi connectivity index (χ4n) is 2.50. The molecule has 0 radical (unpaired) electrons. The number of carboxylic acid groups (broad SMARTS) is 1. The highest BCUT2D eigenvalue weighted by Crippen LogP contribution is 2.25. The number of likely N-dealkylation sites (tertiary alicyclic amines) is 1. The predicted molar refractivity (Wildman–Crippen MR) is 68.1 cm³/mol. The van der Waals surface area contributed by atoms with Gasteiger partial charge in [0.2, 0.25) is 5.91 Å². The van der Waals surface area contributed by atoms with Gasteiger partial charge in [0, 0.05) is 13.0 Å². The number of β-amino-alcohol motifs (C(OH)–C–C–N with tert-alkyl or cyclic N) is 1. The van der Waals surface area contributed by atoms with Crippen LogP contribution in [-0.4, -0.2) is 74.6 Å². The number of piperazine rings is 1. The van der Waals surface area contributed by atoms with E-state index in [0.29, 0.717) is 0 Å². The Hall–Kier alpha value is -2.16. The average Bonchev–Trinajstić information content (AvgIpc) is 2.75. The van der Waals surface area contributed by atoms with E-state index in [9.17, 15) is 24.3 Å². The first-order chi connectivity index (χ1) is 9.64. The minimum Gasteiger partial charge on any atom is -0.480 e. The molecule has 0 bridgehead atoms. The number of hydrogen-bond donors (Lipinski definition) is 3. The summed E-state index contributed by atoms with van der Waals surface area (Å²) in [6.45, 7) is 2.46. The van der Waals surface area contributed by atoms with Crippen LogP contribution in [0.15, 0.2) is 0 Å². The van der Waals surface area contributed by atoms with Gasteiger partial charge in [0.25, 0.3) is 5.91 Å². The highest BCUT2D eigenvalue weighted by molar-refractivity contribution is 6.06. The first-order valence-corrected chi connectivity index (χ1v) is 6.48. The standard InChI is InChI=1S/C12H17N3O6/c1-12(2)10(20)13-8(17)5-15(12)11(21)14-4-6(16)3-7(14)9(18)19/h6-7,16H,3-5H2,1-2H3,(H,18,19)(H,13,17,20)/t6-,7-/m0/s1. The van der Waals surface area contributed by atoms with E-state index in [4.69, 9.17) is 5.11 Å². The Morgan fingerprint density at radius 2 is 1.95 bits per heavy atom. The van der Waals surface area contributed by atoms with Crippen LogP contribution in [0.5, 0.6) is 0 Å². The Bertz CT molecular complexity index is 517.